The summed E-state index contributed by atoms with van der Waals surface area (Å²) >= 11 is 11.4. The fourth-order valence-corrected chi connectivity index (χ4v) is 6.07. The lowest BCUT2D eigenvalue weighted by Gasteiger charge is -2.19. The van der Waals surface area contributed by atoms with Crippen molar-refractivity contribution >= 4 is 46.0 Å². The first-order valence-electron chi connectivity index (χ1n) is 14.2. The molecule has 0 aliphatic heterocycles. The zero-order valence-electron chi connectivity index (χ0n) is 24.6. The summed E-state index contributed by atoms with van der Waals surface area (Å²) in [5, 5.41) is 3.06. The molecule has 0 aliphatic rings. The predicted molar refractivity (Wildman–Crippen MR) is 181 cm³/mol. The Labute approximate surface area is 254 Å². The maximum atomic E-state index is 6.54. The molecule has 0 saturated carbocycles. The Morgan fingerprint density at radius 2 is 0.951 bits per heavy atom. The molecule has 0 saturated heterocycles. The van der Waals surface area contributed by atoms with Gasteiger partial charge in [0.05, 0.1) is 21.7 Å². The number of aromatic nitrogens is 1. The maximum absolute atomic E-state index is 6.54. The Bertz CT molecular complexity index is 1780. The number of rotatable bonds is 3. The van der Waals surface area contributed by atoms with Crippen molar-refractivity contribution in [3.05, 3.63) is 119 Å². The molecule has 1 heterocycles. The molecular formula is C38H36ClNS. The number of benzene rings is 5. The number of halogens is 1. The summed E-state index contributed by atoms with van der Waals surface area (Å²) in [6.45, 7) is 13.5. The minimum absolute atomic E-state index is 0.124. The monoisotopic (exact) mass is 573 g/mol. The van der Waals surface area contributed by atoms with Crippen molar-refractivity contribution in [1.29, 1.82) is 0 Å². The molecule has 0 N–H and O–H groups in total. The van der Waals surface area contributed by atoms with Gasteiger partial charge in [-0.3, -0.25) is 0 Å². The summed E-state index contributed by atoms with van der Waals surface area (Å²) in [5.41, 5.74) is 11.0. The van der Waals surface area contributed by atoms with E-state index in [1.165, 1.54) is 44.2 Å². The fourth-order valence-electron chi connectivity index (χ4n) is 5.65. The summed E-state index contributed by atoms with van der Waals surface area (Å²) < 4.78 is 2.29. The first kappa shape index (κ1) is 27.7. The van der Waals surface area contributed by atoms with Crippen LogP contribution < -0.4 is 0 Å². The van der Waals surface area contributed by atoms with Gasteiger partial charge < -0.3 is 4.57 Å². The molecular weight excluding hydrogens is 538 g/mol. The van der Waals surface area contributed by atoms with Gasteiger partial charge >= 0.3 is 0 Å². The molecule has 1 nitrogen and oxygen atoms in total. The molecule has 0 fully saturated rings. The van der Waals surface area contributed by atoms with E-state index in [4.69, 9.17) is 24.2 Å². The van der Waals surface area contributed by atoms with E-state index in [0.29, 0.717) is 5.02 Å². The molecule has 0 atom stereocenters. The van der Waals surface area contributed by atoms with Gasteiger partial charge in [-0.05, 0) is 80.6 Å². The van der Waals surface area contributed by atoms with E-state index in [2.05, 4.69) is 137 Å². The highest BCUT2D eigenvalue weighted by Crippen LogP contribution is 2.40. The number of thiol groups is 1. The van der Waals surface area contributed by atoms with Crippen LogP contribution in [0.5, 0.6) is 0 Å². The van der Waals surface area contributed by atoms with Gasteiger partial charge in [-0.25, -0.2) is 0 Å². The van der Waals surface area contributed by atoms with Crippen molar-refractivity contribution in [3.8, 4) is 27.9 Å². The Hall–Kier alpha value is -3.46. The van der Waals surface area contributed by atoms with Crippen molar-refractivity contribution in [2.75, 3.05) is 0 Å². The standard InChI is InChI=1S/C38H36ClNS/c1-37(2,3)28-16-10-24(11-17-28)26-14-20-33-30(22-26)31-23-27(25-12-18-29(19-13-25)38(4,5)6)15-21-34(31)40(33)35-9-7-8-32(39)36(35)41/h7-23,41H,1-6H3. The molecule has 6 rings (SSSR count). The maximum Gasteiger partial charge on any atom is 0.0610 e. The summed E-state index contributed by atoms with van der Waals surface area (Å²) in [5.74, 6) is 0. The molecule has 1 aromatic heterocycles. The van der Waals surface area contributed by atoms with Gasteiger partial charge in [0.25, 0.3) is 0 Å². The van der Waals surface area contributed by atoms with Crippen LogP contribution in [0.1, 0.15) is 52.7 Å². The van der Waals surface area contributed by atoms with Crippen LogP contribution in [-0.4, -0.2) is 4.57 Å². The van der Waals surface area contributed by atoms with E-state index in [-0.39, 0.29) is 10.8 Å². The molecule has 0 amide bonds. The van der Waals surface area contributed by atoms with Crippen LogP contribution in [0.15, 0.2) is 108 Å². The number of nitrogens with zero attached hydrogens (tertiary/aromatic N) is 1. The lowest BCUT2D eigenvalue weighted by molar-refractivity contribution is 0.590. The fraction of sp³-hybridized carbons (Fsp3) is 0.211. The third kappa shape index (κ3) is 5.09. The highest BCUT2D eigenvalue weighted by atomic mass is 35.5. The Morgan fingerprint density at radius 1 is 0.537 bits per heavy atom. The Kier molecular flexibility index (Phi) is 6.83. The number of hydrogen-bond acceptors (Lipinski definition) is 1. The molecule has 0 bridgehead atoms. The van der Waals surface area contributed by atoms with E-state index in [1.807, 2.05) is 12.1 Å². The number of fused-ring (bicyclic) bond motifs is 3. The SMILES string of the molecule is CC(C)(C)c1ccc(-c2ccc3c(c2)c2cc(-c4ccc(C(C)(C)C)cc4)ccc2n3-c2cccc(Cl)c2S)cc1. The van der Waals surface area contributed by atoms with Gasteiger partial charge in [0, 0.05) is 15.7 Å². The largest absolute Gasteiger partial charge is 0.308 e. The topological polar surface area (TPSA) is 4.93 Å². The van der Waals surface area contributed by atoms with Gasteiger partial charge in [-0.2, -0.15) is 0 Å². The van der Waals surface area contributed by atoms with E-state index < -0.39 is 0 Å². The van der Waals surface area contributed by atoms with Crippen molar-refractivity contribution in [2.24, 2.45) is 0 Å². The Morgan fingerprint density at radius 3 is 1.37 bits per heavy atom. The zero-order valence-corrected chi connectivity index (χ0v) is 26.2. The molecule has 0 unspecified atom stereocenters. The molecule has 5 aromatic carbocycles. The molecule has 3 heteroatoms. The third-order valence-electron chi connectivity index (χ3n) is 8.14. The molecule has 0 spiro atoms. The minimum atomic E-state index is 0.124. The first-order valence-corrected chi connectivity index (χ1v) is 15.0. The van der Waals surface area contributed by atoms with Gasteiger partial charge in [0.1, 0.15) is 0 Å². The van der Waals surface area contributed by atoms with Gasteiger partial charge in [0.2, 0.25) is 0 Å². The average molecular weight is 574 g/mol. The molecule has 6 aromatic rings. The van der Waals surface area contributed by atoms with Crippen molar-refractivity contribution in [1.82, 2.24) is 4.57 Å². The van der Waals surface area contributed by atoms with Gasteiger partial charge in [-0.15, -0.1) is 12.6 Å². The van der Waals surface area contributed by atoms with Crippen LogP contribution in [0.4, 0.5) is 0 Å². The van der Waals surface area contributed by atoms with Gasteiger partial charge in [0.15, 0.2) is 0 Å². The zero-order chi connectivity index (χ0) is 29.1. The molecule has 41 heavy (non-hydrogen) atoms. The van der Waals surface area contributed by atoms with Crippen molar-refractivity contribution in [2.45, 2.75) is 57.3 Å². The molecule has 0 radical (unpaired) electrons. The lowest BCUT2D eigenvalue weighted by atomic mass is 9.86. The van der Waals surface area contributed by atoms with Crippen molar-refractivity contribution in [3.63, 3.8) is 0 Å². The second kappa shape index (κ2) is 10.1. The van der Waals surface area contributed by atoms with Crippen LogP contribution in [0, 0.1) is 0 Å². The quantitative estimate of drug-likeness (QED) is 0.201. The second-order valence-electron chi connectivity index (χ2n) is 13.1. The van der Waals surface area contributed by atoms with Crippen LogP contribution in [0.3, 0.4) is 0 Å². The predicted octanol–water partition coefficient (Wildman–Crippen LogP) is 11.7. The normalized spacial score (nSPS) is 12.4. The van der Waals surface area contributed by atoms with E-state index in [0.717, 1.165) is 21.6 Å². The first-order chi connectivity index (χ1) is 19.4. The highest BCUT2D eigenvalue weighted by Gasteiger charge is 2.18. The highest BCUT2D eigenvalue weighted by molar-refractivity contribution is 7.80. The summed E-state index contributed by atoms with van der Waals surface area (Å²) in [7, 11) is 0. The Balaban J connectivity index is 1.57. The van der Waals surface area contributed by atoms with Crippen molar-refractivity contribution < 1.29 is 0 Å². The van der Waals surface area contributed by atoms with Crippen LogP contribution in [-0.2, 0) is 10.8 Å². The van der Waals surface area contributed by atoms with Gasteiger partial charge in [-0.1, -0.05) is 120 Å². The van der Waals surface area contributed by atoms with Crippen LogP contribution in [0.25, 0.3) is 49.7 Å². The minimum Gasteiger partial charge on any atom is -0.308 e. The van der Waals surface area contributed by atoms with Crippen LogP contribution >= 0.6 is 24.2 Å². The summed E-state index contributed by atoms with van der Waals surface area (Å²) in [4.78, 5) is 0.775. The van der Waals surface area contributed by atoms with Crippen LogP contribution in [0.2, 0.25) is 5.02 Å². The smallest absolute Gasteiger partial charge is 0.0610 e. The molecule has 0 aliphatic carbocycles. The van der Waals surface area contributed by atoms with E-state index in [9.17, 15) is 0 Å². The van der Waals surface area contributed by atoms with E-state index in [1.54, 1.807) is 0 Å². The lowest BCUT2D eigenvalue weighted by Crippen LogP contribution is -2.10. The summed E-state index contributed by atoms with van der Waals surface area (Å²) in [6.07, 6.45) is 0. The average Bonchev–Trinajstić information content (AvgIpc) is 3.26. The summed E-state index contributed by atoms with van der Waals surface area (Å²) in [6, 6.07) is 37.5. The number of hydrogen-bond donors (Lipinski definition) is 1. The second-order valence-corrected chi connectivity index (χ2v) is 13.9. The van der Waals surface area contributed by atoms with E-state index >= 15 is 0 Å². The molecule has 206 valence electrons. The third-order valence-corrected chi connectivity index (χ3v) is 9.06.